The number of hydrogen-bond acceptors (Lipinski definition) is 28. The molecule has 0 bridgehead atoms. The van der Waals surface area contributed by atoms with Crippen molar-refractivity contribution in [3.63, 3.8) is 0 Å². The van der Waals surface area contributed by atoms with Crippen LogP contribution in [0.25, 0.3) is 0 Å². The van der Waals surface area contributed by atoms with Gasteiger partial charge in [0.05, 0.1) is 45.2 Å². The summed E-state index contributed by atoms with van der Waals surface area (Å²) >= 11 is 0. The minimum absolute atomic E-state index is 0.776. The third-order valence-electron chi connectivity index (χ3n) is 12.1. The molecule has 5 aliphatic heterocycles. The minimum atomic E-state index is -2.96. The number of carboxylic acid groups (broad SMARTS) is 1. The van der Waals surface area contributed by atoms with E-state index in [2.05, 4.69) is 10.6 Å². The third-order valence-corrected chi connectivity index (χ3v) is 12.1. The summed E-state index contributed by atoms with van der Waals surface area (Å²) in [6, 6.07) is -3.37. The molecular formula is C37H62N2O29. The van der Waals surface area contributed by atoms with Gasteiger partial charge >= 0.3 is 5.97 Å². The summed E-state index contributed by atoms with van der Waals surface area (Å²) in [4.78, 5) is 37.1. The van der Waals surface area contributed by atoms with Crippen LogP contribution in [-0.2, 0) is 57.0 Å². The monoisotopic (exact) mass is 998 g/mol. The number of aliphatic carboxylic acids is 1. The van der Waals surface area contributed by atoms with Gasteiger partial charge in [-0.05, 0) is 0 Å². The Hall–Kier alpha value is -2.59. The Morgan fingerprint density at radius 2 is 1.10 bits per heavy atom. The molecule has 0 saturated carbocycles. The van der Waals surface area contributed by atoms with Gasteiger partial charge in [-0.15, -0.1) is 0 Å². The summed E-state index contributed by atoms with van der Waals surface area (Å²) < 4.78 is 50.3. The molecule has 26 atom stereocenters. The number of amides is 2. The van der Waals surface area contributed by atoms with E-state index in [0.717, 1.165) is 13.8 Å². The number of ether oxygens (including phenoxy) is 9. The summed E-state index contributed by atoms with van der Waals surface area (Å²) in [7, 11) is 0. The number of carbonyl (C=O) groups excluding carboxylic acids is 2. The van der Waals surface area contributed by atoms with E-state index in [4.69, 9.17) is 42.6 Å². The molecule has 0 unspecified atom stereocenters. The maximum absolute atomic E-state index is 12.7. The van der Waals surface area contributed by atoms with Gasteiger partial charge in [0.2, 0.25) is 11.8 Å². The predicted molar refractivity (Wildman–Crippen MR) is 207 cm³/mol. The zero-order chi connectivity index (χ0) is 50.7. The lowest BCUT2D eigenvalue weighted by Gasteiger charge is -2.50. The van der Waals surface area contributed by atoms with E-state index in [0.29, 0.717) is 0 Å². The van der Waals surface area contributed by atoms with Gasteiger partial charge in [0.25, 0.3) is 5.79 Å². The second kappa shape index (κ2) is 23.8. The van der Waals surface area contributed by atoms with Gasteiger partial charge in [-0.3, -0.25) is 9.59 Å². The number of hydrogen-bond donors (Lipinski definition) is 19. The normalized spacial score (nSPS) is 46.6. The van der Waals surface area contributed by atoms with E-state index < -0.39 is 216 Å². The van der Waals surface area contributed by atoms with Crippen molar-refractivity contribution in [1.82, 2.24) is 10.6 Å². The molecule has 5 rings (SSSR count). The fourth-order valence-corrected chi connectivity index (χ4v) is 8.43. The maximum atomic E-state index is 12.7. The molecule has 5 heterocycles. The van der Waals surface area contributed by atoms with Gasteiger partial charge in [0, 0.05) is 20.3 Å². The van der Waals surface area contributed by atoms with Gasteiger partial charge in [0.15, 0.2) is 25.2 Å². The average Bonchev–Trinajstić information content (AvgIpc) is 3.29. The number of aliphatic hydroxyl groups excluding tert-OH is 16. The molecule has 31 nitrogen and oxygen atoms in total. The molecule has 394 valence electrons. The standard InChI is InChI=1S/C37H62N2O29/c1-9(44)38-17-11(46)3-37(36(58)59,68-30(17)19(48)12(47)4-40)60-8-16-20(49)23(52)26(55)34(64-16)65-28-15(7-43)63-33(18(22(28)51)39-10(2)45)67-31-21(50)13(5-41)62-35(27(31)56)66-29-14(6-42)61-32(57)25(54)24(29)53/h11-35,40-43,46-57H,3-8H2,1-2H3,(H,38,44)(H,39,45)(H,58,59)/t11-,12+,13+,14+,15+,16+,17+,18+,19+,20-,21-,22+,23-,24+,25+,26+,27+,28-,29+,30+,31-,32-,33-,34-,35-,37+/m0/s1. The van der Waals surface area contributed by atoms with Crippen LogP contribution in [0, 0.1) is 0 Å². The van der Waals surface area contributed by atoms with Crippen LogP contribution < -0.4 is 10.6 Å². The fraction of sp³-hybridized carbons (Fsp3) is 0.919. The first-order valence-electron chi connectivity index (χ1n) is 21.2. The summed E-state index contributed by atoms with van der Waals surface area (Å²) in [5.74, 6) is -6.55. The number of nitrogens with one attached hydrogen (secondary N) is 2. The average molecular weight is 999 g/mol. The number of aliphatic hydroxyl groups is 16. The molecule has 0 aromatic carbocycles. The molecule has 31 heteroatoms. The summed E-state index contributed by atoms with van der Waals surface area (Å²) in [6.07, 6.45) is -46.1. The van der Waals surface area contributed by atoms with Crippen LogP contribution in [0.5, 0.6) is 0 Å². The molecule has 5 saturated heterocycles. The molecule has 0 spiro atoms. The lowest BCUT2D eigenvalue weighted by molar-refractivity contribution is -0.381. The van der Waals surface area contributed by atoms with Crippen molar-refractivity contribution in [3.05, 3.63) is 0 Å². The highest BCUT2D eigenvalue weighted by Crippen LogP contribution is 2.37. The highest BCUT2D eigenvalue weighted by Gasteiger charge is 2.59. The highest BCUT2D eigenvalue weighted by molar-refractivity contribution is 5.76. The molecule has 2 amide bonds. The molecule has 5 fully saturated rings. The van der Waals surface area contributed by atoms with Crippen molar-refractivity contribution >= 4 is 17.8 Å². The van der Waals surface area contributed by atoms with Crippen LogP contribution in [-0.4, -0.2) is 297 Å². The van der Waals surface area contributed by atoms with Crippen LogP contribution >= 0.6 is 0 Å². The minimum Gasteiger partial charge on any atom is -0.477 e. The molecule has 0 radical (unpaired) electrons. The molecule has 5 aliphatic rings. The van der Waals surface area contributed by atoms with Gasteiger partial charge in [0.1, 0.15) is 116 Å². The maximum Gasteiger partial charge on any atom is 0.364 e. The Morgan fingerprint density at radius 1 is 0.588 bits per heavy atom. The highest BCUT2D eigenvalue weighted by atomic mass is 16.8. The molecular weight excluding hydrogens is 936 g/mol. The van der Waals surface area contributed by atoms with Gasteiger partial charge in [-0.1, -0.05) is 0 Å². The number of carbonyl (C=O) groups is 3. The molecule has 19 N–H and O–H groups in total. The van der Waals surface area contributed by atoms with Crippen LogP contribution in [0.2, 0.25) is 0 Å². The largest absolute Gasteiger partial charge is 0.477 e. The Labute approximate surface area is 384 Å². The molecule has 0 aliphatic carbocycles. The smallest absolute Gasteiger partial charge is 0.364 e. The first-order chi connectivity index (χ1) is 31.9. The Morgan fingerprint density at radius 3 is 1.66 bits per heavy atom. The fourth-order valence-electron chi connectivity index (χ4n) is 8.43. The van der Waals surface area contributed by atoms with Crippen molar-refractivity contribution in [2.45, 2.75) is 179 Å². The lowest BCUT2D eigenvalue weighted by Crippen LogP contribution is -2.70. The quantitative estimate of drug-likeness (QED) is 0.0606. The van der Waals surface area contributed by atoms with Crippen LogP contribution in [0.1, 0.15) is 20.3 Å². The zero-order valence-electron chi connectivity index (χ0n) is 36.2. The van der Waals surface area contributed by atoms with Crippen molar-refractivity contribution in [2.75, 3.05) is 33.0 Å². The topological polar surface area (TPSA) is 502 Å². The van der Waals surface area contributed by atoms with Gasteiger partial charge in [-0.25, -0.2) is 4.79 Å². The van der Waals surface area contributed by atoms with Crippen molar-refractivity contribution in [3.8, 4) is 0 Å². The molecule has 68 heavy (non-hydrogen) atoms. The van der Waals surface area contributed by atoms with Crippen LogP contribution in [0.4, 0.5) is 0 Å². The second-order valence-electron chi connectivity index (χ2n) is 16.9. The summed E-state index contributed by atoms with van der Waals surface area (Å²) in [5, 5.41) is 184. The molecule has 0 aromatic rings. The number of rotatable bonds is 18. The van der Waals surface area contributed by atoms with E-state index in [1.165, 1.54) is 0 Å². The predicted octanol–water partition coefficient (Wildman–Crippen LogP) is -12.4. The van der Waals surface area contributed by atoms with Crippen molar-refractivity contribution in [2.24, 2.45) is 0 Å². The van der Waals surface area contributed by atoms with E-state index in [9.17, 15) is 101 Å². The van der Waals surface area contributed by atoms with Crippen LogP contribution in [0.15, 0.2) is 0 Å². The Bertz CT molecular complexity index is 1660. The zero-order valence-corrected chi connectivity index (χ0v) is 36.2. The van der Waals surface area contributed by atoms with E-state index >= 15 is 0 Å². The van der Waals surface area contributed by atoms with Crippen LogP contribution in [0.3, 0.4) is 0 Å². The van der Waals surface area contributed by atoms with Crippen molar-refractivity contribution < 1.29 is 144 Å². The Kier molecular flexibility index (Phi) is 19.7. The SMILES string of the molecule is CC(=O)N[C@H]1[C@H](O[C@H]2[C@@H](O)[C@@H](CO)O[C@@H](O[C@H]3[C@H](O)[C@@H](O)[C@@H](O)O[C@@H]3CO)[C@@H]2O)O[C@H](CO)[C@H](O[C@@H]2O[C@H](CO[C@]3(C(=O)O)C[C@H](O)[C@@H](NC(C)=O)[C@H]([C@H](O)[C@H](O)CO)O3)[C@H](O)[C@H](O)[C@H]2O)[C@@H]1O. The van der Waals surface area contributed by atoms with Crippen molar-refractivity contribution in [1.29, 1.82) is 0 Å². The summed E-state index contributed by atoms with van der Waals surface area (Å²) in [6.45, 7) is -3.11. The second-order valence-corrected chi connectivity index (χ2v) is 16.9. The lowest BCUT2D eigenvalue weighted by atomic mass is 9.88. The third kappa shape index (κ3) is 12.0. The Balaban J connectivity index is 1.35. The molecule has 0 aromatic heterocycles. The number of carboxylic acids is 1. The van der Waals surface area contributed by atoms with Gasteiger partial charge < -0.3 is 140 Å². The first kappa shape index (κ1) is 56.3. The summed E-state index contributed by atoms with van der Waals surface area (Å²) in [5.41, 5.74) is 0. The van der Waals surface area contributed by atoms with E-state index in [-0.39, 0.29) is 0 Å². The first-order valence-corrected chi connectivity index (χ1v) is 21.2. The van der Waals surface area contributed by atoms with Gasteiger partial charge in [-0.2, -0.15) is 0 Å². The van der Waals surface area contributed by atoms with E-state index in [1.807, 2.05) is 0 Å². The van der Waals surface area contributed by atoms with E-state index in [1.54, 1.807) is 0 Å².